The Kier molecular flexibility index (Phi) is 4.21. The predicted molar refractivity (Wildman–Crippen MR) is 95.6 cm³/mol. The standard InChI is InChI=1S/C20H24N2O3/c1-14-16-5-3-4-6-18(16)21-15(2)17(14)11-19(23)22-8-10-25-20(12-22)7-9-24-13-20/h3-6H,7-13H2,1-2H3/t20-/m1/s1. The minimum absolute atomic E-state index is 0.151. The second-order valence-electron chi connectivity index (χ2n) is 7.14. The van der Waals surface area contributed by atoms with E-state index in [9.17, 15) is 4.79 Å². The maximum Gasteiger partial charge on any atom is 0.227 e. The second kappa shape index (κ2) is 6.39. The van der Waals surface area contributed by atoms with Gasteiger partial charge in [0, 0.05) is 30.7 Å². The fraction of sp³-hybridized carbons (Fsp3) is 0.500. The number of aromatic nitrogens is 1. The van der Waals surface area contributed by atoms with Gasteiger partial charge in [0.15, 0.2) is 0 Å². The van der Waals surface area contributed by atoms with Gasteiger partial charge in [-0.05, 0) is 31.0 Å². The van der Waals surface area contributed by atoms with Crippen LogP contribution < -0.4 is 0 Å². The molecule has 132 valence electrons. The monoisotopic (exact) mass is 340 g/mol. The Morgan fingerprint density at radius 3 is 2.92 bits per heavy atom. The van der Waals surface area contributed by atoms with Crippen LogP contribution in [0.5, 0.6) is 0 Å². The van der Waals surface area contributed by atoms with Gasteiger partial charge < -0.3 is 14.4 Å². The maximum atomic E-state index is 12.9. The van der Waals surface area contributed by atoms with Crippen LogP contribution in [0.3, 0.4) is 0 Å². The first-order valence-electron chi connectivity index (χ1n) is 8.92. The van der Waals surface area contributed by atoms with Crippen LogP contribution in [0.15, 0.2) is 24.3 Å². The molecule has 4 rings (SSSR count). The van der Waals surface area contributed by atoms with Crippen molar-refractivity contribution in [3.8, 4) is 0 Å². The largest absolute Gasteiger partial charge is 0.378 e. The Morgan fingerprint density at radius 1 is 1.28 bits per heavy atom. The van der Waals surface area contributed by atoms with Crippen LogP contribution in [0.4, 0.5) is 0 Å². The summed E-state index contributed by atoms with van der Waals surface area (Å²) in [5.41, 5.74) is 3.84. The van der Waals surface area contributed by atoms with Gasteiger partial charge in [0.05, 0.1) is 31.7 Å². The molecule has 5 heteroatoms. The average Bonchev–Trinajstić information content (AvgIpc) is 3.06. The quantitative estimate of drug-likeness (QED) is 0.842. The summed E-state index contributed by atoms with van der Waals surface area (Å²) in [6, 6.07) is 8.11. The summed E-state index contributed by atoms with van der Waals surface area (Å²) in [5, 5.41) is 1.12. The van der Waals surface area contributed by atoms with E-state index < -0.39 is 0 Å². The fourth-order valence-electron chi connectivity index (χ4n) is 3.98. The molecule has 0 N–H and O–H groups in total. The normalized spacial score (nSPS) is 23.5. The van der Waals surface area contributed by atoms with E-state index in [2.05, 4.69) is 13.0 Å². The van der Waals surface area contributed by atoms with Crippen molar-refractivity contribution < 1.29 is 14.3 Å². The zero-order valence-electron chi connectivity index (χ0n) is 14.9. The highest BCUT2D eigenvalue weighted by Gasteiger charge is 2.41. The molecular formula is C20H24N2O3. The summed E-state index contributed by atoms with van der Waals surface area (Å²) in [7, 11) is 0. The molecule has 0 saturated carbocycles. The molecule has 0 aliphatic carbocycles. The maximum absolute atomic E-state index is 12.9. The lowest BCUT2D eigenvalue weighted by molar-refractivity contribution is -0.149. The molecule has 1 amide bonds. The molecule has 3 heterocycles. The molecule has 2 saturated heterocycles. The molecule has 2 aromatic rings. The fourth-order valence-corrected chi connectivity index (χ4v) is 3.98. The topological polar surface area (TPSA) is 51.7 Å². The summed E-state index contributed by atoms with van der Waals surface area (Å²) < 4.78 is 11.4. The summed E-state index contributed by atoms with van der Waals surface area (Å²) in [6.07, 6.45) is 1.26. The number of nitrogens with zero attached hydrogens (tertiary/aromatic N) is 2. The van der Waals surface area contributed by atoms with Gasteiger partial charge in [-0.15, -0.1) is 0 Å². The van der Waals surface area contributed by atoms with Crippen molar-refractivity contribution in [3.63, 3.8) is 0 Å². The van der Waals surface area contributed by atoms with Gasteiger partial charge in [0.1, 0.15) is 5.60 Å². The predicted octanol–water partition coefficient (Wildman–Crippen LogP) is 2.41. The summed E-state index contributed by atoms with van der Waals surface area (Å²) in [6.45, 7) is 7.26. The number of aryl methyl sites for hydroxylation is 2. The van der Waals surface area contributed by atoms with Crippen molar-refractivity contribution in [3.05, 3.63) is 41.1 Å². The molecule has 0 bridgehead atoms. The Bertz CT molecular complexity index is 812. The van der Waals surface area contributed by atoms with Gasteiger partial charge in [-0.3, -0.25) is 9.78 Å². The minimum Gasteiger partial charge on any atom is -0.378 e. The van der Waals surface area contributed by atoms with E-state index in [0.717, 1.165) is 40.8 Å². The first kappa shape index (κ1) is 16.5. The van der Waals surface area contributed by atoms with E-state index in [4.69, 9.17) is 14.5 Å². The highest BCUT2D eigenvalue weighted by molar-refractivity contribution is 5.86. The number of carbonyl (C=O) groups excluding carboxylic acids is 1. The van der Waals surface area contributed by atoms with Crippen LogP contribution >= 0.6 is 0 Å². The smallest absolute Gasteiger partial charge is 0.227 e. The molecule has 2 fully saturated rings. The lowest BCUT2D eigenvalue weighted by Crippen LogP contribution is -2.54. The third kappa shape index (κ3) is 3.02. The van der Waals surface area contributed by atoms with Crippen molar-refractivity contribution in [1.82, 2.24) is 9.88 Å². The zero-order chi connectivity index (χ0) is 17.4. The van der Waals surface area contributed by atoms with Gasteiger partial charge in [0.25, 0.3) is 0 Å². The average molecular weight is 340 g/mol. The van der Waals surface area contributed by atoms with Crippen LogP contribution in [-0.2, 0) is 20.7 Å². The number of ether oxygens (including phenoxy) is 2. The second-order valence-corrected chi connectivity index (χ2v) is 7.14. The zero-order valence-corrected chi connectivity index (χ0v) is 14.9. The van der Waals surface area contributed by atoms with E-state index in [1.807, 2.05) is 30.0 Å². The van der Waals surface area contributed by atoms with Gasteiger partial charge in [-0.2, -0.15) is 0 Å². The van der Waals surface area contributed by atoms with E-state index in [1.54, 1.807) is 0 Å². The number of para-hydroxylation sites is 1. The Balaban J connectivity index is 1.57. The van der Waals surface area contributed by atoms with E-state index in [1.165, 1.54) is 0 Å². The summed E-state index contributed by atoms with van der Waals surface area (Å²) in [5.74, 6) is 0.151. The molecule has 2 aliphatic rings. The molecule has 1 atom stereocenters. The Hall–Kier alpha value is -1.98. The van der Waals surface area contributed by atoms with Crippen LogP contribution in [0.2, 0.25) is 0 Å². The number of amides is 1. The highest BCUT2D eigenvalue weighted by Crippen LogP contribution is 2.28. The first-order chi connectivity index (χ1) is 12.1. The molecule has 25 heavy (non-hydrogen) atoms. The van der Waals surface area contributed by atoms with Crippen LogP contribution in [-0.4, -0.2) is 54.3 Å². The van der Waals surface area contributed by atoms with E-state index in [-0.39, 0.29) is 11.5 Å². The third-order valence-electron chi connectivity index (χ3n) is 5.48. The van der Waals surface area contributed by atoms with Gasteiger partial charge >= 0.3 is 0 Å². The number of carbonyl (C=O) groups is 1. The SMILES string of the molecule is Cc1nc2ccccc2c(C)c1CC(=O)N1CCO[C@]2(CCOC2)C1. The van der Waals surface area contributed by atoms with Crippen LogP contribution in [0, 0.1) is 13.8 Å². The van der Waals surface area contributed by atoms with Gasteiger partial charge in [0.2, 0.25) is 5.91 Å². The van der Waals surface area contributed by atoms with Crippen LogP contribution in [0.25, 0.3) is 10.9 Å². The Morgan fingerprint density at radius 2 is 2.12 bits per heavy atom. The number of benzene rings is 1. The molecule has 2 aliphatic heterocycles. The Labute approximate surface area is 147 Å². The van der Waals surface area contributed by atoms with Crippen LogP contribution in [0.1, 0.15) is 23.2 Å². The number of hydrogen-bond acceptors (Lipinski definition) is 4. The number of hydrogen-bond donors (Lipinski definition) is 0. The molecule has 5 nitrogen and oxygen atoms in total. The van der Waals surface area contributed by atoms with Crippen molar-refractivity contribution in [2.45, 2.75) is 32.3 Å². The summed E-state index contributed by atoms with van der Waals surface area (Å²) in [4.78, 5) is 19.6. The molecule has 1 aromatic carbocycles. The van der Waals surface area contributed by atoms with E-state index in [0.29, 0.717) is 32.7 Å². The lowest BCUT2D eigenvalue weighted by atomic mass is 9.97. The van der Waals surface area contributed by atoms with E-state index >= 15 is 0 Å². The number of fused-ring (bicyclic) bond motifs is 1. The number of rotatable bonds is 2. The van der Waals surface area contributed by atoms with Crippen molar-refractivity contribution >= 4 is 16.8 Å². The molecule has 0 unspecified atom stereocenters. The minimum atomic E-state index is -0.292. The number of pyridine rings is 1. The molecule has 1 aromatic heterocycles. The van der Waals surface area contributed by atoms with Gasteiger partial charge in [-0.1, -0.05) is 18.2 Å². The van der Waals surface area contributed by atoms with Gasteiger partial charge in [-0.25, -0.2) is 0 Å². The third-order valence-corrected chi connectivity index (χ3v) is 5.48. The van der Waals surface area contributed by atoms with Crippen molar-refractivity contribution in [2.24, 2.45) is 0 Å². The van der Waals surface area contributed by atoms with Crippen molar-refractivity contribution in [2.75, 3.05) is 32.9 Å². The lowest BCUT2D eigenvalue weighted by Gasteiger charge is -2.39. The van der Waals surface area contributed by atoms with Crippen molar-refractivity contribution in [1.29, 1.82) is 0 Å². The highest BCUT2D eigenvalue weighted by atomic mass is 16.6. The number of morpholine rings is 1. The molecular weight excluding hydrogens is 316 g/mol. The first-order valence-corrected chi connectivity index (χ1v) is 8.92. The molecule has 0 radical (unpaired) electrons. The molecule has 1 spiro atoms. The summed E-state index contributed by atoms with van der Waals surface area (Å²) >= 11 is 0.